The minimum atomic E-state index is -0.392. The summed E-state index contributed by atoms with van der Waals surface area (Å²) in [6.45, 7) is 1.30. The lowest BCUT2D eigenvalue weighted by Crippen LogP contribution is -2.41. The number of fused-ring (bicyclic) bond motifs is 5. The number of hydrogen-bond acceptors (Lipinski definition) is 6. The molecule has 0 bridgehead atoms. The normalized spacial score (nSPS) is 21.4. The number of nitrogens with zero attached hydrogens (tertiary/aromatic N) is 3. The van der Waals surface area contributed by atoms with Crippen molar-refractivity contribution in [3.05, 3.63) is 23.9 Å². The molecule has 1 atom stereocenters. The van der Waals surface area contributed by atoms with E-state index in [-0.39, 0.29) is 11.9 Å². The Kier molecular flexibility index (Phi) is 2.70. The number of nitrogen functional groups attached to an aromatic ring is 1. The van der Waals surface area contributed by atoms with Crippen LogP contribution >= 0.6 is 0 Å². The predicted molar refractivity (Wildman–Crippen MR) is 79.2 cm³/mol. The SMILES string of the molecule is Nc1nc2cccnc2c2c1C(=O)OCC1CCCCN21. The molecule has 108 valence electrons. The van der Waals surface area contributed by atoms with E-state index in [1.165, 1.54) is 0 Å². The number of rotatable bonds is 0. The van der Waals surface area contributed by atoms with Gasteiger partial charge in [0.15, 0.2) is 0 Å². The summed E-state index contributed by atoms with van der Waals surface area (Å²) in [4.78, 5) is 23.3. The van der Waals surface area contributed by atoms with Gasteiger partial charge in [-0.05, 0) is 31.4 Å². The molecule has 21 heavy (non-hydrogen) atoms. The van der Waals surface area contributed by atoms with Crippen LogP contribution < -0.4 is 10.6 Å². The van der Waals surface area contributed by atoms with E-state index in [1.54, 1.807) is 6.20 Å². The number of pyridine rings is 2. The molecule has 4 rings (SSSR count). The second-order valence-corrected chi connectivity index (χ2v) is 5.53. The Hall–Kier alpha value is -2.37. The van der Waals surface area contributed by atoms with Gasteiger partial charge in [-0.2, -0.15) is 0 Å². The van der Waals surface area contributed by atoms with E-state index in [4.69, 9.17) is 10.5 Å². The Bertz CT molecular complexity index is 731. The Balaban J connectivity index is 2.05. The van der Waals surface area contributed by atoms with Crippen LogP contribution in [0.3, 0.4) is 0 Å². The van der Waals surface area contributed by atoms with E-state index in [9.17, 15) is 4.79 Å². The summed E-state index contributed by atoms with van der Waals surface area (Å²) in [7, 11) is 0. The van der Waals surface area contributed by atoms with Gasteiger partial charge in [-0.25, -0.2) is 9.78 Å². The first kappa shape index (κ1) is 12.4. The van der Waals surface area contributed by atoms with E-state index in [0.717, 1.165) is 37.0 Å². The zero-order chi connectivity index (χ0) is 14.4. The minimum Gasteiger partial charge on any atom is -0.460 e. The van der Waals surface area contributed by atoms with Crippen LogP contribution in [0.4, 0.5) is 11.5 Å². The van der Waals surface area contributed by atoms with Crippen LogP contribution in [0.25, 0.3) is 11.0 Å². The predicted octanol–water partition coefficient (Wildman–Crippen LogP) is 1.74. The maximum atomic E-state index is 12.3. The van der Waals surface area contributed by atoms with E-state index in [0.29, 0.717) is 17.7 Å². The second kappa shape index (κ2) is 4.58. The molecule has 0 amide bonds. The molecule has 0 spiro atoms. The lowest BCUT2D eigenvalue weighted by molar-refractivity contribution is 0.0486. The maximum Gasteiger partial charge on any atom is 0.344 e. The number of carbonyl (C=O) groups excluding carboxylic acids is 1. The van der Waals surface area contributed by atoms with Gasteiger partial charge in [-0.15, -0.1) is 0 Å². The smallest absolute Gasteiger partial charge is 0.344 e. The van der Waals surface area contributed by atoms with Gasteiger partial charge in [-0.1, -0.05) is 0 Å². The number of ether oxygens (including phenoxy) is 1. The third kappa shape index (κ3) is 1.82. The molecule has 1 unspecified atom stereocenters. The average Bonchev–Trinajstić information content (AvgIpc) is 2.66. The molecule has 6 heteroatoms. The molecule has 2 aromatic rings. The first-order valence-electron chi connectivity index (χ1n) is 7.23. The highest BCUT2D eigenvalue weighted by Gasteiger charge is 2.35. The fourth-order valence-electron chi connectivity index (χ4n) is 3.29. The zero-order valence-electron chi connectivity index (χ0n) is 11.6. The van der Waals surface area contributed by atoms with Gasteiger partial charge in [0.25, 0.3) is 0 Å². The van der Waals surface area contributed by atoms with Gasteiger partial charge in [0, 0.05) is 12.7 Å². The lowest BCUT2D eigenvalue weighted by Gasteiger charge is -2.36. The zero-order valence-corrected chi connectivity index (χ0v) is 11.6. The average molecular weight is 284 g/mol. The van der Waals surface area contributed by atoms with Gasteiger partial charge in [0.2, 0.25) is 0 Å². The number of aromatic nitrogens is 2. The largest absolute Gasteiger partial charge is 0.460 e. The van der Waals surface area contributed by atoms with Gasteiger partial charge >= 0.3 is 5.97 Å². The highest BCUT2D eigenvalue weighted by Crippen LogP contribution is 2.38. The van der Waals surface area contributed by atoms with Crippen molar-refractivity contribution in [2.24, 2.45) is 0 Å². The molecular formula is C15H16N4O2. The van der Waals surface area contributed by atoms with Crippen molar-refractivity contribution in [2.75, 3.05) is 23.8 Å². The summed E-state index contributed by atoms with van der Waals surface area (Å²) in [6, 6.07) is 3.90. The summed E-state index contributed by atoms with van der Waals surface area (Å²) in [5, 5.41) is 0. The fourth-order valence-corrected chi connectivity index (χ4v) is 3.29. The fraction of sp³-hybridized carbons (Fsp3) is 0.400. The maximum absolute atomic E-state index is 12.3. The summed E-state index contributed by atoms with van der Waals surface area (Å²) < 4.78 is 5.40. The van der Waals surface area contributed by atoms with E-state index in [2.05, 4.69) is 14.9 Å². The van der Waals surface area contributed by atoms with Crippen LogP contribution in [0.5, 0.6) is 0 Å². The first-order valence-corrected chi connectivity index (χ1v) is 7.23. The van der Waals surface area contributed by atoms with Crippen LogP contribution in [0, 0.1) is 0 Å². The van der Waals surface area contributed by atoms with Crippen LogP contribution in [-0.2, 0) is 4.74 Å². The van der Waals surface area contributed by atoms with Gasteiger partial charge in [-0.3, -0.25) is 4.98 Å². The lowest BCUT2D eigenvalue weighted by atomic mass is 10.0. The van der Waals surface area contributed by atoms with Gasteiger partial charge in [0.05, 0.1) is 17.2 Å². The summed E-state index contributed by atoms with van der Waals surface area (Å²) in [5.74, 6) is -0.168. The molecule has 6 nitrogen and oxygen atoms in total. The Morgan fingerprint density at radius 3 is 3.19 bits per heavy atom. The second-order valence-electron chi connectivity index (χ2n) is 5.53. The summed E-state index contributed by atoms with van der Waals surface area (Å²) in [5.41, 5.74) is 8.63. The molecule has 4 heterocycles. The quantitative estimate of drug-likeness (QED) is 0.742. The van der Waals surface area contributed by atoms with E-state index in [1.807, 2.05) is 12.1 Å². The standard InChI is InChI=1S/C15H16N4O2/c16-14-11-13(12-10(18-14)5-3-6-17-12)19-7-2-1-4-9(19)8-21-15(11)20/h3,5-6,9H,1-2,4,7-8H2,(H2,16,18). The molecule has 2 aromatic heterocycles. The minimum absolute atomic E-state index is 0.205. The third-order valence-corrected chi connectivity index (χ3v) is 4.27. The van der Waals surface area contributed by atoms with E-state index >= 15 is 0 Å². The van der Waals surface area contributed by atoms with Crippen molar-refractivity contribution in [3.63, 3.8) is 0 Å². The molecule has 2 aliphatic rings. The molecule has 1 saturated heterocycles. The molecule has 1 fully saturated rings. The number of nitrogens with two attached hydrogens (primary N) is 1. The van der Waals surface area contributed by atoms with E-state index < -0.39 is 5.97 Å². The number of hydrogen-bond donors (Lipinski definition) is 1. The number of anilines is 2. The number of esters is 1. The number of piperidine rings is 1. The molecule has 0 saturated carbocycles. The van der Waals surface area contributed by atoms with Crippen molar-refractivity contribution in [2.45, 2.75) is 25.3 Å². The first-order chi connectivity index (χ1) is 10.3. The van der Waals surface area contributed by atoms with Crippen LogP contribution in [-0.4, -0.2) is 35.1 Å². The number of cyclic esters (lactones) is 1. The van der Waals surface area contributed by atoms with Crippen LogP contribution in [0.1, 0.15) is 29.6 Å². The van der Waals surface area contributed by atoms with Crippen LogP contribution in [0.2, 0.25) is 0 Å². The highest BCUT2D eigenvalue weighted by molar-refractivity contribution is 6.08. The topological polar surface area (TPSA) is 81.3 Å². The molecule has 0 aromatic carbocycles. The Morgan fingerprint density at radius 2 is 2.29 bits per heavy atom. The van der Waals surface area contributed by atoms with Gasteiger partial charge in [0.1, 0.15) is 23.5 Å². The molecule has 0 radical (unpaired) electrons. The third-order valence-electron chi connectivity index (χ3n) is 4.27. The Morgan fingerprint density at radius 1 is 1.38 bits per heavy atom. The Labute approximate surface area is 121 Å². The monoisotopic (exact) mass is 284 g/mol. The summed E-state index contributed by atoms with van der Waals surface area (Å²) >= 11 is 0. The number of carbonyl (C=O) groups is 1. The van der Waals surface area contributed by atoms with Gasteiger partial charge < -0.3 is 15.4 Å². The van der Waals surface area contributed by atoms with Crippen molar-refractivity contribution >= 4 is 28.5 Å². The molecule has 2 aliphatic heterocycles. The van der Waals surface area contributed by atoms with Crippen molar-refractivity contribution in [1.82, 2.24) is 9.97 Å². The highest BCUT2D eigenvalue weighted by atomic mass is 16.5. The van der Waals surface area contributed by atoms with Crippen molar-refractivity contribution in [1.29, 1.82) is 0 Å². The van der Waals surface area contributed by atoms with Crippen molar-refractivity contribution in [3.8, 4) is 0 Å². The summed E-state index contributed by atoms with van der Waals surface area (Å²) in [6.07, 6.45) is 4.99. The molecule has 2 N–H and O–H groups in total. The van der Waals surface area contributed by atoms with Crippen molar-refractivity contribution < 1.29 is 9.53 Å². The van der Waals surface area contributed by atoms with Crippen LogP contribution in [0.15, 0.2) is 18.3 Å². The molecular weight excluding hydrogens is 268 g/mol. The molecule has 0 aliphatic carbocycles.